The molecule has 0 aliphatic carbocycles. The Bertz CT molecular complexity index is 3600. The molecule has 4 aromatic carbocycles. The van der Waals surface area contributed by atoms with E-state index in [0.717, 1.165) is 0 Å². The van der Waals surface area contributed by atoms with Gasteiger partial charge in [-0.25, -0.2) is 4.79 Å². The average molecular weight is 1490 g/mol. The number of phenolic OH excluding ortho intramolecular Hbond substituents is 2. The largest absolute Gasteiger partial charge is 0.508 e. The van der Waals surface area contributed by atoms with Crippen molar-refractivity contribution in [3.8, 4) is 11.5 Å². The van der Waals surface area contributed by atoms with E-state index >= 15 is 0 Å². The maximum Gasteiger partial charge on any atom is 0.326 e. The number of hydrogen-bond acceptors (Lipinski definition) is 21. The zero-order chi connectivity index (χ0) is 76.5. The van der Waals surface area contributed by atoms with E-state index in [2.05, 4.69) is 89.1 Å². The van der Waals surface area contributed by atoms with Crippen molar-refractivity contribution in [2.75, 3.05) is 36.6 Å². The SMILES string of the molecule is CSCC[C@H](NC(=O)[C@@H](Cc1ccc(O)cc1)NC(=O)[C@H](CS)NC(=O)[C@H](C)NC(=O)[C@H](Cc1ccc(O)cc1)NC(=O)[C@H](Cc1ccccc1)NC(=O)CNC(=O)[C@H](CC(=O)O)NC(=O)[C@H](CS)NC(=O)[C@@H](Cc1ccccc1)NC(=O)CN)C(=O)N[C@@H](CC(=O)O)C(=O)N[C@H](C(=O)O)C(C)C. The predicted octanol–water partition coefficient (Wildman–Crippen LogP) is -2.90. The Hall–Kier alpha value is -10.5. The van der Waals surface area contributed by atoms with Gasteiger partial charge in [-0.05, 0) is 77.8 Å². The van der Waals surface area contributed by atoms with E-state index in [9.17, 15) is 97.5 Å². The zero-order valence-electron chi connectivity index (χ0n) is 56.5. The molecule has 103 heavy (non-hydrogen) atoms. The molecule has 0 aliphatic heterocycles. The summed E-state index contributed by atoms with van der Waals surface area (Å²) >= 11 is 9.68. The van der Waals surface area contributed by atoms with Crippen molar-refractivity contribution in [3.63, 3.8) is 0 Å². The maximum absolute atomic E-state index is 14.5. The van der Waals surface area contributed by atoms with Crippen LogP contribution in [0, 0.1) is 5.92 Å². The molecule has 19 N–H and O–H groups in total. The summed E-state index contributed by atoms with van der Waals surface area (Å²) in [6.45, 7) is 2.83. The molecule has 33 nitrogen and oxygen atoms in total. The molecule has 0 saturated carbocycles. The Kier molecular flexibility index (Phi) is 35.8. The van der Waals surface area contributed by atoms with Crippen molar-refractivity contribution in [1.29, 1.82) is 0 Å². The molecule has 36 heteroatoms. The van der Waals surface area contributed by atoms with E-state index < -0.39 is 193 Å². The third-order valence-corrected chi connectivity index (χ3v) is 16.8. The van der Waals surface area contributed by atoms with Gasteiger partial charge in [0.2, 0.25) is 70.9 Å². The van der Waals surface area contributed by atoms with Gasteiger partial charge in [0.05, 0.1) is 25.9 Å². The lowest BCUT2D eigenvalue weighted by Gasteiger charge is -2.27. The van der Waals surface area contributed by atoms with Crippen molar-refractivity contribution in [2.45, 2.75) is 132 Å². The second-order valence-electron chi connectivity index (χ2n) is 23.9. The number of nitrogens with one attached hydrogen (secondary N) is 12. The number of carboxylic acids is 3. The van der Waals surface area contributed by atoms with E-state index in [1.54, 1.807) is 66.9 Å². The molecular weight excluding hydrogens is 1400 g/mol. The number of carbonyl (C=O) groups is 15. The van der Waals surface area contributed by atoms with Crippen molar-refractivity contribution in [2.24, 2.45) is 11.7 Å². The first-order valence-corrected chi connectivity index (χ1v) is 34.8. The van der Waals surface area contributed by atoms with Crippen molar-refractivity contribution >= 4 is 126 Å². The number of thiol groups is 2. The van der Waals surface area contributed by atoms with E-state index in [1.807, 2.05) is 0 Å². The van der Waals surface area contributed by atoms with Gasteiger partial charge in [-0.3, -0.25) is 67.1 Å². The van der Waals surface area contributed by atoms with E-state index in [0.29, 0.717) is 22.3 Å². The first-order chi connectivity index (χ1) is 48.8. The van der Waals surface area contributed by atoms with Crippen molar-refractivity contribution < 1.29 is 97.5 Å². The number of aliphatic carboxylic acids is 3. The molecule has 0 unspecified atom stereocenters. The van der Waals surface area contributed by atoms with Crippen LogP contribution in [0.15, 0.2) is 109 Å². The third-order valence-electron chi connectivity index (χ3n) is 15.4. The number of thioether (sulfide) groups is 1. The van der Waals surface area contributed by atoms with E-state index in [1.165, 1.54) is 81.1 Å². The van der Waals surface area contributed by atoms with Crippen LogP contribution in [0.3, 0.4) is 0 Å². The molecular formula is C67H87N13O20S3. The number of amides is 12. The van der Waals surface area contributed by atoms with Crippen LogP contribution in [0.1, 0.15) is 62.3 Å². The molecule has 558 valence electrons. The number of carboxylic acid groups (broad SMARTS) is 3. The number of rotatable bonds is 43. The Balaban J connectivity index is 1.53. The lowest BCUT2D eigenvalue weighted by atomic mass is 10.0. The molecule has 4 rings (SSSR count). The van der Waals surface area contributed by atoms with Crippen LogP contribution in [0.4, 0.5) is 0 Å². The number of phenols is 2. The summed E-state index contributed by atoms with van der Waals surface area (Å²) in [6, 6.07) is 10.5. The maximum atomic E-state index is 14.5. The van der Waals surface area contributed by atoms with Crippen LogP contribution in [0.5, 0.6) is 11.5 Å². The highest BCUT2D eigenvalue weighted by atomic mass is 32.2. The Morgan fingerprint density at radius 1 is 0.398 bits per heavy atom. The van der Waals surface area contributed by atoms with Gasteiger partial charge in [-0.2, -0.15) is 37.0 Å². The Morgan fingerprint density at radius 2 is 0.728 bits per heavy atom. The highest BCUT2D eigenvalue weighted by Gasteiger charge is 2.37. The minimum absolute atomic E-state index is 0.0217. The van der Waals surface area contributed by atoms with Crippen LogP contribution in [-0.4, -0.2) is 217 Å². The number of aromatic hydroxyl groups is 2. The molecule has 0 aliphatic rings. The number of nitrogens with two attached hydrogens (primary N) is 1. The van der Waals surface area contributed by atoms with Crippen molar-refractivity contribution in [3.05, 3.63) is 131 Å². The van der Waals surface area contributed by atoms with Gasteiger partial charge in [-0.1, -0.05) is 98.8 Å². The van der Waals surface area contributed by atoms with Gasteiger partial charge in [0.25, 0.3) is 0 Å². The predicted molar refractivity (Wildman–Crippen MR) is 381 cm³/mol. The van der Waals surface area contributed by atoms with Gasteiger partial charge in [0.1, 0.15) is 78.0 Å². The second kappa shape index (κ2) is 43.4. The lowest BCUT2D eigenvalue weighted by molar-refractivity contribution is -0.144. The molecule has 0 aromatic heterocycles. The summed E-state index contributed by atoms with van der Waals surface area (Å²) < 4.78 is 0. The summed E-state index contributed by atoms with van der Waals surface area (Å²) in [5.41, 5.74) is 7.33. The van der Waals surface area contributed by atoms with Gasteiger partial charge < -0.3 is 95.1 Å². The topological polar surface area (TPSA) is 528 Å². The summed E-state index contributed by atoms with van der Waals surface area (Å²) in [5.74, 6) is -18.0. The average Bonchev–Trinajstić information content (AvgIpc) is 0.863. The minimum Gasteiger partial charge on any atom is -0.508 e. The van der Waals surface area contributed by atoms with E-state index in [-0.39, 0.29) is 55.1 Å². The number of hydrogen-bond donors (Lipinski definition) is 20. The molecule has 12 amide bonds. The fraction of sp³-hybridized carbons (Fsp3) is 0.418. The molecule has 4 aromatic rings. The summed E-state index contributed by atoms with van der Waals surface area (Å²) in [5, 5.41) is 78.1. The highest BCUT2D eigenvalue weighted by Crippen LogP contribution is 2.16. The van der Waals surface area contributed by atoms with Gasteiger partial charge in [0.15, 0.2) is 0 Å². The standard InChI is InChI=1S/C67H87N13O20S3/c1-35(2)56(67(99)100)80-64(96)49(30-55(87)88)77-59(91)43(23-24-103-4)73-63(95)47(28-40-17-21-42(82)22-18-40)75-65(97)50(33-101)78-57(89)36(3)70-60(92)46(27-39-15-19-41(81)20-16-39)74-61(93)45(26-38-13-9-6-10-14-38)72-53(84)32-69-58(90)48(29-54(85)86)76-66(98)51(34-102)79-62(94)44(71-52(83)31-68)25-37-11-7-5-8-12-37/h5-22,35-36,43-51,56,81-82,101-102H,23-34,68H2,1-4H3,(H,69,90)(H,70,92)(H,71,83)(H,72,84)(H,73,95)(H,74,93)(H,75,97)(H,76,98)(H,77,91)(H,78,89)(H,79,94)(H,80,96)(H,85,86)(H,87,88)(H,99,100)/t36-,43-,44+,45-,46-,47+,48-,49-,50-,51-,56-/m0/s1. The molecule has 0 radical (unpaired) electrons. The van der Waals surface area contributed by atoms with Gasteiger partial charge in [-0.15, -0.1) is 0 Å². The monoisotopic (exact) mass is 1490 g/mol. The zero-order valence-corrected chi connectivity index (χ0v) is 59.2. The second-order valence-corrected chi connectivity index (χ2v) is 25.6. The molecule has 0 saturated heterocycles. The van der Waals surface area contributed by atoms with Crippen molar-refractivity contribution in [1.82, 2.24) is 63.8 Å². The summed E-state index contributed by atoms with van der Waals surface area (Å²) in [6.07, 6.45) is -1.29. The Morgan fingerprint density at radius 3 is 1.12 bits per heavy atom. The third kappa shape index (κ3) is 29.9. The van der Waals surface area contributed by atoms with Gasteiger partial charge in [0, 0.05) is 37.2 Å². The van der Waals surface area contributed by atoms with Crippen LogP contribution in [0.25, 0.3) is 0 Å². The van der Waals surface area contributed by atoms with Crippen LogP contribution in [0.2, 0.25) is 0 Å². The molecule has 11 atom stereocenters. The molecule has 0 bridgehead atoms. The smallest absolute Gasteiger partial charge is 0.326 e. The lowest BCUT2D eigenvalue weighted by Crippen LogP contribution is -2.61. The number of carbonyl (C=O) groups excluding carboxylic acids is 12. The quantitative estimate of drug-likeness (QED) is 0.0198. The van der Waals surface area contributed by atoms with Gasteiger partial charge >= 0.3 is 17.9 Å². The summed E-state index contributed by atoms with van der Waals surface area (Å²) in [4.78, 5) is 201. The fourth-order valence-electron chi connectivity index (χ4n) is 9.80. The molecule has 0 spiro atoms. The first-order valence-electron chi connectivity index (χ1n) is 32.2. The van der Waals surface area contributed by atoms with Crippen LogP contribution >= 0.6 is 37.0 Å². The van der Waals surface area contributed by atoms with Crippen LogP contribution < -0.4 is 69.5 Å². The van der Waals surface area contributed by atoms with Crippen LogP contribution in [-0.2, 0) is 97.6 Å². The Labute approximate surface area is 607 Å². The molecule has 0 heterocycles. The minimum atomic E-state index is -1.86. The number of benzene rings is 4. The first kappa shape index (κ1) is 85.0. The van der Waals surface area contributed by atoms with E-state index in [4.69, 9.17) is 5.73 Å². The summed E-state index contributed by atoms with van der Waals surface area (Å²) in [7, 11) is 0. The molecule has 0 fully saturated rings. The fourth-order valence-corrected chi connectivity index (χ4v) is 10.8. The normalized spacial score (nSPS) is 14.1. The highest BCUT2D eigenvalue weighted by molar-refractivity contribution is 7.98.